The second-order valence-electron chi connectivity index (χ2n) is 5.52. The predicted octanol–water partition coefficient (Wildman–Crippen LogP) is 3.00. The molecule has 0 bridgehead atoms. The summed E-state index contributed by atoms with van der Waals surface area (Å²) in [7, 11) is 5.77. The third kappa shape index (κ3) is 3.16. The van der Waals surface area contributed by atoms with Crippen LogP contribution in [0.5, 0.6) is 5.75 Å². The normalized spacial score (nSPS) is 23.4. The van der Waals surface area contributed by atoms with Crippen LogP contribution in [-0.4, -0.2) is 37.9 Å². The number of ketones is 1. The first-order valence-electron chi connectivity index (χ1n) is 6.98. The van der Waals surface area contributed by atoms with Gasteiger partial charge in [-0.15, -0.1) is 0 Å². The molecule has 0 spiro atoms. The Bertz CT molecular complexity index is 442. The number of carbonyl (C=O) groups excluding carboxylic acids is 1. The minimum absolute atomic E-state index is 0.121. The summed E-state index contributed by atoms with van der Waals surface area (Å²) >= 11 is 0. The molecule has 19 heavy (non-hydrogen) atoms. The standard InChI is InChI=1S/C16H23NO2/c1-17(2)15-10-5-4-9-14(15)16(18)12-7-6-8-13(11-12)19-3/h6-8,11,14-15H,4-5,9-10H2,1-3H3. The summed E-state index contributed by atoms with van der Waals surface area (Å²) < 4.78 is 5.20. The molecule has 3 nitrogen and oxygen atoms in total. The van der Waals surface area contributed by atoms with Crippen molar-refractivity contribution in [3.8, 4) is 5.75 Å². The van der Waals surface area contributed by atoms with Crippen LogP contribution in [0.2, 0.25) is 0 Å². The van der Waals surface area contributed by atoms with Crippen LogP contribution in [0.3, 0.4) is 0 Å². The predicted molar refractivity (Wildman–Crippen MR) is 76.8 cm³/mol. The Morgan fingerprint density at radius 2 is 2.00 bits per heavy atom. The summed E-state index contributed by atoms with van der Waals surface area (Å²) in [4.78, 5) is 14.9. The maximum Gasteiger partial charge on any atom is 0.167 e. The lowest BCUT2D eigenvalue weighted by molar-refractivity contribution is 0.0764. The molecule has 2 rings (SSSR count). The quantitative estimate of drug-likeness (QED) is 0.780. The highest BCUT2D eigenvalue weighted by molar-refractivity contribution is 5.98. The molecule has 0 aliphatic heterocycles. The summed E-state index contributed by atoms with van der Waals surface area (Å²) in [5.74, 6) is 1.14. The van der Waals surface area contributed by atoms with Crippen molar-refractivity contribution in [2.45, 2.75) is 31.7 Å². The van der Waals surface area contributed by atoms with E-state index in [0.717, 1.165) is 30.6 Å². The molecule has 0 saturated heterocycles. The molecule has 2 atom stereocenters. The number of hydrogen-bond acceptors (Lipinski definition) is 3. The van der Waals surface area contributed by atoms with E-state index in [2.05, 4.69) is 19.0 Å². The number of nitrogens with zero attached hydrogens (tertiary/aromatic N) is 1. The second-order valence-corrected chi connectivity index (χ2v) is 5.52. The van der Waals surface area contributed by atoms with Gasteiger partial charge in [0, 0.05) is 17.5 Å². The second kappa shape index (κ2) is 6.20. The summed E-state index contributed by atoms with van der Waals surface area (Å²) in [5, 5.41) is 0. The van der Waals surface area contributed by atoms with Crippen molar-refractivity contribution in [3.05, 3.63) is 29.8 Å². The molecule has 0 radical (unpaired) electrons. The van der Waals surface area contributed by atoms with Gasteiger partial charge in [0.2, 0.25) is 0 Å². The van der Waals surface area contributed by atoms with Gasteiger partial charge < -0.3 is 9.64 Å². The van der Waals surface area contributed by atoms with Gasteiger partial charge in [-0.2, -0.15) is 0 Å². The van der Waals surface area contributed by atoms with Gasteiger partial charge in [-0.3, -0.25) is 4.79 Å². The lowest BCUT2D eigenvalue weighted by atomic mass is 9.79. The van der Waals surface area contributed by atoms with Crippen molar-refractivity contribution in [1.82, 2.24) is 4.90 Å². The van der Waals surface area contributed by atoms with Gasteiger partial charge >= 0.3 is 0 Å². The topological polar surface area (TPSA) is 29.5 Å². The molecule has 0 heterocycles. The van der Waals surface area contributed by atoms with Crippen molar-refractivity contribution in [2.75, 3.05) is 21.2 Å². The minimum Gasteiger partial charge on any atom is -0.497 e. The van der Waals surface area contributed by atoms with Gasteiger partial charge in [0.05, 0.1) is 7.11 Å². The Hall–Kier alpha value is -1.35. The van der Waals surface area contributed by atoms with Gasteiger partial charge in [-0.05, 0) is 39.1 Å². The van der Waals surface area contributed by atoms with E-state index in [9.17, 15) is 4.79 Å². The molecular weight excluding hydrogens is 238 g/mol. The maximum atomic E-state index is 12.7. The van der Waals surface area contributed by atoms with Crippen molar-refractivity contribution in [3.63, 3.8) is 0 Å². The van der Waals surface area contributed by atoms with Crippen LogP contribution in [0.25, 0.3) is 0 Å². The molecule has 0 amide bonds. The SMILES string of the molecule is COc1cccc(C(=O)C2CCCCC2N(C)C)c1. The van der Waals surface area contributed by atoms with Crippen LogP contribution >= 0.6 is 0 Å². The molecule has 1 aromatic rings. The number of carbonyl (C=O) groups is 1. The molecule has 0 aromatic heterocycles. The molecule has 1 aliphatic carbocycles. The smallest absolute Gasteiger partial charge is 0.167 e. The Morgan fingerprint density at radius 1 is 1.26 bits per heavy atom. The highest BCUT2D eigenvalue weighted by atomic mass is 16.5. The molecule has 1 aromatic carbocycles. The number of benzene rings is 1. The first kappa shape index (κ1) is 14.1. The lowest BCUT2D eigenvalue weighted by Gasteiger charge is -2.35. The average Bonchev–Trinajstić information content (AvgIpc) is 2.46. The van der Waals surface area contributed by atoms with E-state index >= 15 is 0 Å². The zero-order valence-electron chi connectivity index (χ0n) is 12.1. The van der Waals surface area contributed by atoms with Gasteiger partial charge in [0.15, 0.2) is 5.78 Å². The van der Waals surface area contributed by atoms with Crippen LogP contribution in [0.1, 0.15) is 36.0 Å². The Balaban J connectivity index is 2.21. The fourth-order valence-electron chi connectivity index (χ4n) is 3.03. The Labute approximate surface area is 115 Å². The van der Waals surface area contributed by atoms with E-state index in [1.54, 1.807) is 7.11 Å². The minimum atomic E-state index is 0.121. The fraction of sp³-hybridized carbons (Fsp3) is 0.562. The summed E-state index contributed by atoms with van der Waals surface area (Å²) in [6.07, 6.45) is 4.50. The van der Waals surface area contributed by atoms with E-state index in [4.69, 9.17) is 4.74 Å². The highest BCUT2D eigenvalue weighted by Gasteiger charge is 2.32. The maximum absolute atomic E-state index is 12.7. The molecule has 1 saturated carbocycles. The molecule has 0 N–H and O–H groups in total. The number of rotatable bonds is 4. The van der Waals surface area contributed by atoms with E-state index in [0.29, 0.717) is 6.04 Å². The zero-order valence-corrected chi connectivity index (χ0v) is 12.1. The third-order valence-electron chi connectivity index (χ3n) is 4.08. The summed E-state index contributed by atoms with van der Waals surface area (Å²) in [5.41, 5.74) is 0.776. The van der Waals surface area contributed by atoms with Crippen molar-refractivity contribution < 1.29 is 9.53 Å². The first-order chi connectivity index (χ1) is 9.13. The van der Waals surface area contributed by atoms with Crippen LogP contribution in [0.4, 0.5) is 0 Å². The number of ether oxygens (including phenoxy) is 1. The molecule has 104 valence electrons. The fourth-order valence-corrected chi connectivity index (χ4v) is 3.03. The highest BCUT2D eigenvalue weighted by Crippen LogP contribution is 2.30. The zero-order chi connectivity index (χ0) is 13.8. The van der Waals surface area contributed by atoms with Crippen LogP contribution in [0, 0.1) is 5.92 Å². The summed E-state index contributed by atoms with van der Waals surface area (Å²) in [6, 6.07) is 7.88. The lowest BCUT2D eigenvalue weighted by Crippen LogP contribution is -2.41. The van der Waals surface area contributed by atoms with E-state index in [-0.39, 0.29) is 11.7 Å². The van der Waals surface area contributed by atoms with Gasteiger partial charge in [0.1, 0.15) is 5.75 Å². The van der Waals surface area contributed by atoms with Crippen molar-refractivity contribution in [1.29, 1.82) is 0 Å². The van der Waals surface area contributed by atoms with Crippen molar-refractivity contribution >= 4 is 5.78 Å². The molecule has 1 fully saturated rings. The van der Waals surface area contributed by atoms with E-state index in [1.807, 2.05) is 24.3 Å². The molecular formula is C16H23NO2. The largest absolute Gasteiger partial charge is 0.497 e. The summed E-state index contributed by atoms with van der Waals surface area (Å²) in [6.45, 7) is 0. The van der Waals surface area contributed by atoms with E-state index in [1.165, 1.54) is 6.42 Å². The Kier molecular flexibility index (Phi) is 4.59. The average molecular weight is 261 g/mol. The van der Waals surface area contributed by atoms with Crippen molar-refractivity contribution in [2.24, 2.45) is 5.92 Å². The molecule has 2 unspecified atom stereocenters. The van der Waals surface area contributed by atoms with Gasteiger partial charge in [0.25, 0.3) is 0 Å². The molecule has 1 aliphatic rings. The number of hydrogen-bond donors (Lipinski definition) is 0. The molecule has 3 heteroatoms. The Morgan fingerprint density at radius 3 is 2.68 bits per heavy atom. The van der Waals surface area contributed by atoms with E-state index < -0.39 is 0 Å². The van der Waals surface area contributed by atoms with Crippen LogP contribution in [-0.2, 0) is 0 Å². The monoisotopic (exact) mass is 261 g/mol. The number of methoxy groups -OCH3 is 1. The van der Waals surface area contributed by atoms with Gasteiger partial charge in [-0.25, -0.2) is 0 Å². The third-order valence-corrected chi connectivity index (χ3v) is 4.08. The number of Topliss-reactive ketones (excluding diaryl/α,β-unsaturated/α-hetero) is 1. The van der Waals surface area contributed by atoms with Gasteiger partial charge in [-0.1, -0.05) is 25.0 Å². The van der Waals surface area contributed by atoms with Crippen LogP contribution < -0.4 is 4.74 Å². The first-order valence-corrected chi connectivity index (χ1v) is 6.98. The van der Waals surface area contributed by atoms with Crippen LogP contribution in [0.15, 0.2) is 24.3 Å².